The highest BCUT2D eigenvalue weighted by molar-refractivity contribution is 5.80. The van der Waals surface area contributed by atoms with Crippen molar-refractivity contribution in [1.29, 1.82) is 0 Å². The zero-order chi connectivity index (χ0) is 29.2. The predicted molar refractivity (Wildman–Crippen MR) is 167 cm³/mol. The zero-order valence-electron chi connectivity index (χ0n) is 24.4. The molecule has 3 aliphatic heterocycles. The molecule has 3 aliphatic rings. The number of allylic oxidation sites excluding steroid dienone is 2. The van der Waals surface area contributed by atoms with E-state index in [1.807, 2.05) is 43.5 Å². The van der Waals surface area contributed by atoms with E-state index >= 15 is 0 Å². The minimum atomic E-state index is -0.766. The predicted octanol–water partition coefficient (Wildman–Crippen LogP) is 2.82. The molecule has 2 N–H and O–H groups in total. The summed E-state index contributed by atoms with van der Waals surface area (Å²) >= 11 is 0. The van der Waals surface area contributed by atoms with Crippen LogP contribution in [0.3, 0.4) is 0 Å². The molecule has 1 atom stereocenters. The number of ether oxygens (including phenoxy) is 1. The smallest absolute Gasteiger partial charge is 0.226 e. The second-order valence-electron chi connectivity index (χ2n) is 11.2. The summed E-state index contributed by atoms with van der Waals surface area (Å²) in [6, 6.07) is 10.1. The second-order valence-corrected chi connectivity index (χ2v) is 11.2. The molecule has 0 saturated carbocycles. The number of pyridine rings is 1. The Bertz CT molecular complexity index is 1760. The van der Waals surface area contributed by atoms with Crippen LogP contribution in [0.4, 0.5) is 11.8 Å². The molecule has 11 nitrogen and oxygen atoms in total. The van der Waals surface area contributed by atoms with Crippen molar-refractivity contribution >= 4 is 28.9 Å². The first-order valence-electron chi connectivity index (χ1n) is 14.6. The van der Waals surface area contributed by atoms with E-state index < -0.39 is 5.66 Å². The quantitative estimate of drug-likeness (QED) is 0.336. The maximum absolute atomic E-state index is 5.24. The summed E-state index contributed by atoms with van der Waals surface area (Å²) in [5.41, 5.74) is 5.18. The molecule has 3 aromatic heterocycles. The number of hydrogen-bond acceptors (Lipinski definition) is 10. The van der Waals surface area contributed by atoms with E-state index in [4.69, 9.17) is 19.7 Å². The number of nitrogens with one attached hydrogen (secondary N) is 2. The summed E-state index contributed by atoms with van der Waals surface area (Å²) in [6.45, 7) is 9.20. The van der Waals surface area contributed by atoms with E-state index in [-0.39, 0.29) is 0 Å². The Hall–Kier alpha value is -4.79. The van der Waals surface area contributed by atoms with Gasteiger partial charge < -0.3 is 19.9 Å². The molecule has 0 spiro atoms. The van der Waals surface area contributed by atoms with Crippen LogP contribution in [-0.4, -0.2) is 82.7 Å². The van der Waals surface area contributed by atoms with Crippen molar-refractivity contribution < 1.29 is 4.74 Å². The molecule has 1 aromatic carbocycles. The molecule has 11 heteroatoms. The molecule has 0 bridgehead atoms. The largest absolute Gasteiger partial charge is 0.383 e. The van der Waals surface area contributed by atoms with Gasteiger partial charge in [-0.05, 0) is 60.4 Å². The Morgan fingerprint density at radius 1 is 0.977 bits per heavy atom. The molecule has 0 amide bonds. The van der Waals surface area contributed by atoms with Gasteiger partial charge in [0.1, 0.15) is 5.82 Å². The van der Waals surface area contributed by atoms with Crippen molar-refractivity contribution in [1.82, 2.24) is 35.4 Å². The summed E-state index contributed by atoms with van der Waals surface area (Å²) in [5, 5.41) is 11.6. The van der Waals surface area contributed by atoms with Gasteiger partial charge >= 0.3 is 0 Å². The maximum Gasteiger partial charge on any atom is 0.226 e. The number of rotatable bonds is 6. The molecule has 1 unspecified atom stereocenters. The fourth-order valence-electron chi connectivity index (χ4n) is 5.74. The third-order valence-corrected chi connectivity index (χ3v) is 8.26. The Morgan fingerprint density at radius 2 is 1.86 bits per heavy atom. The average molecular weight is 575 g/mol. The van der Waals surface area contributed by atoms with Crippen molar-refractivity contribution in [3.63, 3.8) is 0 Å². The van der Waals surface area contributed by atoms with Gasteiger partial charge in [-0.2, -0.15) is 5.10 Å². The molecular weight excluding hydrogens is 540 g/mol. The molecule has 4 aromatic rings. The van der Waals surface area contributed by atoms with Gasteiger partial charge in [0.15, 0.2) is 5.66 Å². The monoisotopic (exact) mass is 574 g/mol. The van der Waals surface area contributed by atoms with Crippen LogP contribution in [-0.2, 0) is 23.5 Å². The van der Waals surface area contributed by atoms with Crippen molar-refractivity contribution in [3.8, 4) is 11.8 Å². The van der Waals surface area contributed by atoms with E-state index in [9.17, 15) is 0 Å². The van der Waals surface area contributed by atoms with Crippen molar-refractivity contribution in [3.05, 3.63) is 83.1 Å². The highest BCUT2D eigenvalue weighted by Gasteiger charge is 2.31. The van der Waals surface area contributed by atoms with Gasteiger partial charge in [-0.25, -0.2) is 15.0 Å². The van der Waals surface area contributed by atoms with Crippen LogP contribution in [0, 0.1) is 11.8 Å². The number of fused-ring (bicyclic) bond motifs is 2. The van der Waals surface area contributed by atoms with Crippen LogP contribution in [0.5, 0.6) is 0 Å². The van der Waals surface area contributed by atoms with Crippen molar-refractivity contribution in [2.24, 2.45) is 4.99 Å². The number of piperazine rings is 1. The minimum absolute atomic E-state index is 0.677. The molecule has 0 aliphatic carbocycles. The van der Waals surface area contributed by atoms with E-state index in [0.717, 1.165) is 86.1 Å². The maximum atomic E-state index is 5.24. The molecule has 1 fully saturated rings. The van der Waals surface area contributed by atoms with Crippen LogP contribution in [0.15, 0.2) is 65.7 Å². The second kappa shape index (κ2) is 11.5. The molecular formula is C32H34N10O. The first kappa shape index (κ1) is 27.1. The number of benzene rings is 1. The number of anilines is 2. The number of hydrogen-bond donors (Lipinski definition) is 2. The molecule has 7 rings (SSSR count). The summed E-state index contributed by atoms with van der Waals surface area (Å²) in [4.78, 5) is 26.2. The number of nitrogens with zero attached hydrogens (tertiary/aromatic N) is 8. The lowest BCUT2D eigenvalue weighted by atomic mass is 10.1. The number of aliphatic imine (C=N–C) groups is 1. The topological polar surface area (TPSA) is 111 Å². The van der Waals surface area contributed by atoms with Crippen LogP contribution in [0.25, 0.3) is 10.9 Å². The zero-order valence-corrected chi connectivity index (χ0v) is 24.4. The Kier molecular flexibility index (Phi) is 7.22. The summed E-state index contributed by atoms with van der Waals surface area (Å²) in [6.07, 6.45) is 9.29. The van der Waals surface area contributed by atoms with Gasteiger partial charge in [0, 0.05) is 82.5 Å². The van der Waals surface area contributed by atoms with Gasteiger partial charge in [-0.1, -0.05) is 5.92 Å². The standard InChI is InChI=1S/C32H34N10O/c1-32(35-10-7-27(38-32)5-3-23-4-6-28-24(17-23)20-36-39-28)29-8-9-33-31(37-29)42-21-25-18-30(34-19-26(25)22-42)41-13-11-40(12-14-41)15-16-43-2/h4,6-10,17-20,38H,11-16,21-22H2,1-2H3,(H,36,39). The lowest BCUT2D eigenvalue weighted by Gasteiger charge is -2.35. The first-order chi connectivity index (χ1) is 21.1. The summed E-state index contributed by atoms with van der Waals surface area (Å²) < 4.78 is 5.24. The van der Waals surface area contributed by atoms with Crippen LogP contribution in [0.2, 0.25) is 0 Å². The Balaban J connectivity index is 1.02. The van der Waals surface area contributed by atoms with E-state index in [0.29, 0.717) is 5.95 Å². The lowest BCUT2D eigenvalue weighted by molar-refractivity contribution is 0.144. The average Bonchev–Trinajstić information content (AvgIpc) is 3.70. The van der Waals surface area contributed by atoms with Crippen molar-refractivity contribution in [2.45, 2.75) is 25.7 Å². The Labute approximate surface area is 250 Å². The molecule has 0 radical (unpaired) electrons. The highest BCUT2D eigenvalue weighted by atomic mass is 16.5. The number of H-pyrrole nitrogens is 1. The third-order valence-electron chi connectivity index (χ3n) is 8.26. The van der Waals surface area contributed by atoms with Gasteiger partial charge in [0.2, 0.25) is 5.95 Å². The Morgan fingerprint density at radius 3 is 2.74 bits per heavy atom. The molecule has 43 heavy (non-hydrogen) atoms. The van der Waals surface area contributed by atoms with Gasteiger partial charge in [0.05, 0.1) is 29.7 Å². The normalized spacial score (nSPS) is 20.0. The van der Waals surface area contributed by atoms with Gasteiger partial charge in [0.25, 0.3) is 0 Å². The minimum Gasteiger partial charge on any atom is -0.383 e. The van der Waals surface area contributed by atoms with E-state index in [2.05, 4.69) is 53.1 Å². The van der Waals surface area contributed by atoms with Crippen LogP contribution in [0.1, 0.15) is 29.3 Å². The SMILES string of the molecule is COCCN1CCN(c2cc3c(cn2)CN(c2nccc(C4(C)N=CC=C(C#Cc5ccc6[nH]ncc6c5)N4)n2)C3)CC1. The third kappa shape index (κ3) is 5.67. The number of methoxy groups -OCH3 is 1. The fourth-order valence-corrected chi connectivity index (χ4v) is 5.74. The molecule has 6 heterocycles. The fraction of sp³-hybridized carbons (Fsp3) is 0.344. The number of aromatic amines is 1. The van der Waals surface area contributed by atoms with Crippen LogP contribution < -0.4 is 15.1 Å². The van der Waals surface area contributed by atoms with Crippen molar-refractivity contribution in [2.75, 3.05) is 56.2 Å². The summed E-state index contributed by atoms with van der Waals surface area (Å²) in [7, 11) is 1.76. The number of aromatic nitrogens is 5. The summed E-state index contributed by atoms with van der Waals surface area (Å²) in [5.74, 6) is 8.22. The van der Waals surface area contributed by atoms with E-state index in [1.54, 1.807) is 25.7 Å². The lowest BCUT2D eigenvalue weighted by Crippen LogP contribution is -2.47. The van der Waals surface area contributed by atoms with Gasteiger partial charge in [-0.3, -0.25) is 15.0 Å². The van der Waals surface area contributed by atoms with Crippen LogP contribution >= 0.6 is 0 Å². The van der Waals surface area contributed by atoms with Gasteiger partial charge in [-0.15, -0.1) is 0 Å². The molecule has 1 saturated heterocycles. The first-order valence-corrected chi connectivity index (χ1v) is 14.6. The molecule has 218 valence electrons. The van der Waals surface area contributed by atoms with E-state index in [1.165, 1.54) is 11.1 Å². The highest BCUT2D eigenvalue weighted by Crippen LogP contribution is 2.30.